The number of rotatable bonds is 4. The van der Waals surface area contributed by atoms with Crippen LogP contribution >= 0.6 is 15.9 Å². The molecule has 2 rings (SSSR count). The second-order valence-corrected chi connectivity index (χ2v) is 5.02. The third-order valence-electron chi connectivity index (χ3n) is 2.92. The third kappa shape index (κ3) is 2.72. The Bertz CT molecular complexity index is 652. The minimum absolute atomic E-state index is 0.333. The summed E-state index contributed by atoms with van der Waals surface area (Å²) in [7, 11) is 3.14. The lowest BCUT2D eigenvalue weighted by Crippen LogP contribution is -2.05. The first-order valence-electron chi connectivity index (χ1n) is 6.13. The third-order valence-corrected chi connectivity index (χ3v) is 3.37. The van der Waals surface area contributed by atoms with Crippen LogP contribution in [0.5, 0.6) is 11.5 Å². The average molecular weight is 339 g/mol. The molecule has 0 N–H and O–H groups in total. The standard InChI is InChI=1S/C15H15BrO4/c1-4-20-15(17)12-7-10(16)5-9-6-13(18-2)14(19-3)8-11(9)12/h5-8H,4H2,1-3H3. The van der Waals surface area contributed by atoms with Crippen molar-refractivity contribution < 1.29 is 19.0 Å². The largest absolute Gasteiger partial charge is 0.493 e. The molecule has 4 nitrogen and oxygen atoms in total. The summed E-state index contributed by atoms with van der Waals surface area (Å²) in [4.78, 5) is 12.0. The van der Waals surface area contributed by atoms with Gasteiger partial charge in [0, 0.05) is 9.86 Å². The second kappa shape index (κ2) is 6.13. The molecule has 20 heavy (non-hydrogen) atoms. The Morgan fingerprint density at radius 2 is 1.75 bits per heavy atom. The van der Waals surface area contributed by atoms with E-state index in [1.807, 2.05) is 12.1 Å². The molecule has 0 fully saturated rings. The van der Waals surface area contributed by atoms with Crippen LogP contribution < -0.4 is 9.47 Å². The van der Waals surface area contributed by atoms with Crippen LogP contribution in [0.4, 0.5) is 0 Å². The first-order chi connectivity index (χ1) is 9.60. The molecule has 0 aliphatic carbocycles. The molecule has 2 aromatic rings. The van der Waals surface area contributed by atoms with Crippen molar-refractivity contribution in [1.82, 2.24) is 0 Å². The molecule has 0 aliphatic heterocycles. The van der Waals surface area contributed by atoms with Gasteiger partial charge in [0.1, 0.15) is 0 Å². The number of esters is 1. The molecule has 106 valence electrons. The molecule has 0 radical (unpaired) electrons. The van der Waals surface area contributed by atoms with Gasteiger partial charge in [-0.25, -0.2) is 4.79 Å². The van der Waals surface area contributed by atoms with Gasteiger partial charge in [-0.05, 0) is 36.6 Å². The van der Waals surface area contributed by atoms with Gasteiger partial charge in [-0.15, -0.1) is 0 Å². The molecule has 0 unspecified atom stereocenters. The molecule has 0 aromatic heterocycles. The number of methoxy groups -OCH3 is 2. The Kier molecular flexibility index (Phi) is 4.49. The summed E-state index contributed by atoms with van der Waals surface area (Å²) in [6.45, 7) is 2.11. The molecule has 0 saturated heterocycles. The lowest BCUT2D eigenvalue weighted by Gasteiger charge is -2.12. The van der Waals surface area contributed by atoms with Crippen molar-refractivity contribution in [1.29, 1.82) is 0 Å². The second-order valence-electron chi connectivity index (χ2n) is 4.10. The number of benzene rings is 2. The van der Waals surface area contributed by atoms with Gasteiger partial charge < -0.3 is 14.2 Å². The van der Waals surface area contributed by atoms with Crippen molar-refractivity contribution in [2.24, 2.45) is 0 Å². The van der Waals surface area contributed by atoms with E-state index >= 15 is 0 Å². The van der Waals surface area contributed by atoms with Crippen molar-refractivity contribution in [3.8, 4) is 11.5 Å². The van der Waals surface area contributed by atoms with Gasteiger partial charge in [0.05, 0.1) is 26.4 Å². The molecular formula is C15H15BrO4. The number of ether oxygens (including phenoxy) is 3. The van der Waals surface area contributed by atoms with Crippen molar-refractivity contribution in [2.45, 2.75) is 6.92 Å². The van der Waals surface area contributed by atoms with E-state index < -0.39 is 0 Å². The van der Waals surface area contributed by atoms with Crippen LogP contribution in [-0.4, -0.2) is 26.8 Å². The fourth-order valence-corrected chi connectivity index (χ4v) is 2.51. The highest BCUT2D eigenvalue weighted by atomic mass is 79.9. The van der Waals surface area contributed by atoms with Gasteiger partial charge in [-0.3, -0.25) is 0 Å². The Hall–Kier alpha value is -1.75. The maximum Gasteiger partial charge on any atom is 0.338 e. The number of hydrogen-bond acceptors (Lipinski definition) is 4. The summed E-state index contributed by atoms with van der Waals surface area (Å²) in [5, 5.41) is 1.64. The highest BCUT2D eigenvalue weighted by Crippen LogP contribution is 2.35. The van der Waals surface area contributed by atoms with E-state index in [9.17, 15) is 4.79 Å². The van der Waals surface area contributed by atoms with Crippen molar-refractivity contribution in [3.63, 3.8) is 0 Å². The van der Waals surface area contributed by atoms with E-state index in [1.165, 1.54) is 0 Å². The van der Waals surface area contributed by atoms with Crippen LogP contribution in [0.3, 0.4) is 0 Å². The van der Waals surface area contributed by atoms with Crippen LogP contribution in [-0.2, 0) is 4.74 Å². The Labute approximate surface area is 125 Å². The fraction of sp³-hybridized carbons (Fsp3) is 0.267. The first kappa shape index (κ1) is 14.7. The molecule has 5 heteroatoms. The average Bonchev–Trinajstić information content (AvgIpc) is 2.45. The van der Waals surface area contributed by atoms with Gasteiger partial charge in [0.2, 0.25) is 0 Å². The molecule has 0 aliphatic rings. The maximum atomic E-state index is 12.0. The predicted octanol–water partition coefficient (Wildman–Crippen LogP) is 3.80. The van der Waals surface area contributed by atoms with Crippen LogP contribution in [0.1, 0.15) is 17.3 Å². The molecule has 0 bridgehead atoms. The van der Waals surface area contributed by atoms with Crippen molar-refractivity contribution >= 4 is 32.7 Å². The molecule has 0 amide bonds. The number of hydrogen-bond donors (Lipinski definition) is 0. The molecule has 0 saturated carbocycles. The smallest absolute Gasteiger partial charge is 0.338 e. The zero-order chi connectivity index (χ0) is 14.7. The van der Waals surface area contributed by atoms with Gasteiger partial charge in [0.25, 0.3) is 0 Å². The monoisotopic (exact) mass is 338 g/mol. The lowest BCUT2D eigenvalue weighted by atomic mass is 10.0. The molecule has 2 aromatic carbocycles. The summed E-state index contributed by atoms with van der Waals surface area (Å²) in [6, 6.07) is 7.28. The fourth-order valence-electron chi connectivity index (χ4n) is 2.03. The maximum absolute atomic E-state index is 12.0. The van der Waals surface area contributed by atoms with E-state index in [-0.39, 0.29) is 5.97 Å². The van der Waals surface area contributed by atoms with E-state index in [0.29, 0.717) is 23.7 Å². The summed E-state index contributed by atoms with van der Waals surface area (Å²) in [5.74, 6) is 0.840. The number of fused-ring (bicyclic) bond motifs is 1. The van der Waals surface area contributed by atoms with Gasteiger partial charge in [-0.1, -0.05) is 15.9 Å². The van der Waals surface area contributed by atoms with Gasteiger partial charge in [-0.2, -0.15) is 0 Å². The quantitative estimate of drug-likeness (QED) is 0.795. The van der Waals surface area contributed by atoms with E-state index in [4.69, 9.17) is 14.2 Å². The summed E-state index contributed by atoms with van der Waals surface area (Å²) in [6.07, 6.45) is 0. The van der Waals surface area contributed by atoms with Gasteiger partial charge in [0.15, 0.2) is 11.5 Å². The normalized spacial score (nSPS) is 10.4. The highest BCUT2D eigenvalue weighted by molar-refractivity contribution is 9.10. The molecule has 0 atom stereocenters. The van der Waals surface area contributed by atoms with Crippen LogP contribution in [0.15, 0.2) is 28.7 Å². The van der Waals surface area contributed by atoms with Crippen LogP contribution in [0, 0.1) is 0 Å². The molecule has 0 spiro atoms. The highest BCUT2D eigenvalue weighted by Gasteiger charge is 2.15. The summed E-state index contributed by atoms with van der Waals surface area (Å²) < 4.78 is 16.5. The Morgan fingerprint density at radius 1 is 1.10 bits per heavy atom. The first-order valence-corrected chi connectivity index (χ1v) is 6.92. The van der Waals surface area contributed by atoms with Gasteiger partial charge >= 0.3 is 5.97 Å². The van der Waals surface area contributed by atoms with E-state index in [0.717, 1.165) is 15.2 Å². The summed E-state index contributed by atoms with van der Waals surface area (Å²) >= 11 is 3.40. The Morgan fingerprint density at radius 3 is 2.35 bits per heavy atom. The van der Waals surface area contributed by atoms with Crippen molar-refractivity contribution in [2.75, 3.05) is 20.8 Å². The topological polar surface area (TPSA) is 44.8 Å². The minimum Gasteiger partial charge on any atom is -0.493 e. The van der Waals surface area contributed by atoms with Crippen LogP contribution in [0.25, 0.3) is 10.8 Å². The number of carbonyl (C=O) groups excluding carboxylic acids is 1. The van der Waals surface area contributed by atoms with E-state index in [1.54, 1.807) is 33.3 Å². The Balaban J connectivity index is 2.71. The summed E-state index contributed by atoms with van der Waals surface area (Å²) in [5.41, 5.74) is 0.497. The molecule has 0 heterocycles. The molecular weight excluding hydrogens is 324 g/mol. The zero-order valence-electron chi connectivity index (χ0n) is 11.5. The lowest BCUT2D eigenvalue weighted by molar-refractivity contribution is 0.0528. The minimum atomic E-state index is -0.356. The van der Waals surface area contributed by atoms with Crippen molar-refractivity contribution in [3.05, 3.63) is 34.3 Å². The SMILES string of the molecule is CCOC(=O)c1cc(Br)cc2cc(OC)c(OC)cc12. The number of halogens is 1. The van der Waals surface area contributed by atoms with Crippen LogP contribution in [0.2, 0.25) is 0 Å². The zero-order valence-corrected chi connectivity index (χ0v) is 13.1. The van der Waals surface area contributed by atoms with E-state index in [2.05, 4.69) is 15.9 Å². The number of carbonyl (C=O) groups is 1. The predicted molar refractivity (Wildman–Crippen MR) is 80.7 cm³/mol.